The van der Waals surface area contributed by atoms with Crippen molar-refractivity contribution in [2.24, 2.45) is 0 Å². The minimum absolute atomic E-state index is 0.617. The summed E-state index contributed by atoms with van der Waals surface area (Å²) in [7, 11) is 1.61. The van der Waals surface area contributed by atoms with Gasteiger partial charge in [0.15, 0.2) is 11.6 Å². The fraction of sp³-hybridized carbons (Fsp3) is 0.0417. The van der Waals surface area contributed by atoms with Crippen LogP contribution in [-0.4, -0.2) is 12.1 Å². The van der Waals surface area contributed by atoms with Gasteiger partial charge in [0, 0.05) is 16.7 Å². The molecule has 0 aliphatic rings. The summed E-state index contributed by atoms with van der Waals surface area (Å²) in [6, 6.07) is 19.2. The Morgan fingerprint density at radius 3 is 2.11 bits per heavy atom. The Labute approximate surface area is 161 Å². The summed E-state index contributed by atoms with van der Waals surface area (Å²) < 4.78 is 31.8. The lowest BCUT2D eigenvalue weighted by Gasteiger charge is -2.03. The molecule has 0 saturated heterocycles. The first kappa shape index (κ1) is 17.7. The SMILES string of the molecule is COc1ccc(-c2ccc(C#Cc3ccc4cc(F)c(F)cc4c3)cc2)nc1. The molecule has 2 nitrogen and oxygen atoms in total. The molecule has 4 aromatic rings. The molecule has 0 radical (unpaired) electrons. The van der Waals surface area contributed by atoms with E-state index in [1.54, 1.807) is 31.5 Å². The van der Waals surface area contributed by atoms with E-state index < -0.39 is 11.6 Å². The summed E-state index contributed by atoms with van der Waals surface area (Å²) in [5, 5.41) is 1.26. The topological polar surface area (TPSA) is 22.1 Å². The van der Waals surface area contributed by atoms with Crippen molar-refractivity contribution < 1.29 is 13.5 Å². The van der Waals surface area contributed by atoms with Gasteiger partial charge in [-0.1, -0.05) is 30.0 Å². The highest BCUT2D eigenvalue weighted by molar-refractivity contribution is 5.84. The lowest BCUT2D eigenvalue weighted by molar-refractivity contribution is 0.413. The first-order valence-electron chi connectivity index (χ1n) is 8.64. The van der Waals surface area contributed by atoms with Crippen LogP contribution in [0.15, 0.2) is 72.9 Å². The number of methoxy groups -OCH3 is 1. The first-order valence-corrected chi connectivity index (χ1v) is 8.64. The van der Waals surface area contributed by atoms with E-state index in [0.29, 0.717) is 16.5 Å². The fourth-order valence-corrected chi connectivity index (χ4v) is 2.86. The first-order chi connectivity index (χ1) is 13.6. The maximum atomic E-state index is 13.4. The van der Waals surface area contributed by atoms with E-state index in [1.807, 2.05) is 36.4 Å². The molecule has 4 rings (SSSR count). The molecule has 0 unspecified atom stereocenters. The van der Waals surface area contributed by atoms with Crippen molar-refractivity contribution in [3.05, 3.63) is 95.7 Å². The standard InChI is InChI=1S/C24H15F2NO/c1-28-21-10-11-24(27-15-21)18-7-4-16(5-8-18)2-3-17-6-9-19-13-22(25)23(26)14-20(19)12-17/h4-15H,1H3. The molecule has 0 fully saturated rings. The lowest BCUT2D eigenvalue weighted by atomic mass is 10.1. The van der Waals surface area contributed by atoms with Crippen LogP contribution in [0.25, 0.3) is 22.0 Å². The predicted molar refractivity (Wildman–Crippen MR) is 106 cm³/mol. The van der Waals surface area contributed by atoms with Gasteiger partial charge in [0.2, 0.25) is 0 Å². The maximum Gasteiger partial charge on any atom is 0.159 e. The van der Waals surface area contributed by atoms with Gasteiger partial charge >= 0.3 is 0 Å². The Balaban J connectivity index is 1.57. The molecule has 1 heterocycles. The van der Waals surface area contributed by atoms with E-state index >= 15 is 0 Å². The molecule has 0 saturated carbocycles. The number of hydrogen-bond acceptors (Lipinski definition) is 2. The average Bonchev–Trinajstić information content (AvgIpc) is 2.73. The molecule has 0 amide bonds. The van der Waals surface area contributed by atoms with E-state index in [1.165, 1.54) is 12.1 Å². The molecule has 3 aromatic carbocycles. The quantitative estimate of drug-likeness (QED) is 0.429. The Hall–Kier alpha value is -3.71. The fourth-order valence-electron chi connectivity index (χ4n) is 2.86. The number of fused-ring (bicyclic) bond motifs is 1. The Kier molecular flexibility index (Phi) is 4.74. The van der Waals surface area contributed by atoms with E-state index in [4.69, 9.17) is 4.74 Å². The number of rotatable bonds is 2. The predicted octanol–water partition coefficient (Wildman–Crippen LogP) is 5.59. The van der Waals surface area contributed by atoms with E-state index in [-0.39, 0.29) is 0 Å². The molecule has 1 aromatic heterocycles. The zero-order chi connectivity index (χ0) is 19.5. The monoisotopic (exact) mass is 371 g/mol. The van der Waals surface area contributed by atoms with Crippen LogP contribution in [-0.2, 0) is 0 Å². The number of halogens is 2. The van der Waals surface area contributed by atoms with Crippen LogP contribution in [0.4, 0.5) is 8.78 Å². The lowest BCUT2D eigenvalue weighted by Crippen LogP contribution is -1.87. The van der Waals surface area contributed by atoms with E-state index in [2.05, 4.69) is 16.8 Å². The van der Waals surface area contributed by atoms with Crippen LogP contribution in [0.5, 0.6) is 5.75 Å². The zero-order valence-corrected chi connectivity index (χ0v) is 15.0. The number of aromatic nitrogens is 1. The number of pyridine rings is 1. The second kappa shape index (κ2) is 7.50. The van der Waals surface area contributed by atoms with Gasteiger partial charge in [-0.05, 0) is 59.3 Å². The number of nitrogens with zero attached hydrogens (tertiary/aromatic N) is 1. The summed E-state index contributed by atoms with van der Waals surface area (Å²) in [6.45, 7) is 0. The molecule has 0 N–H and O–H groups in total. The van der Waals surface area contributed by atoms with Gasteiger partial charge in [-0.15, -0.1) is 0 Å². The minimum Gasteiger partial charge on any atom is -0.495 e. The van der Waals surface area contributed by atoms with Gasteiger partial charge in [-0.25, -0.2) is 8.78 Å². The molecule has 0 aliphatic heterocycles. The van der Waals surface area contributed by atoms with Crippen LogP contribution in [0.3, 0.4) is 0 Å². The van der Waals surface area contributed by atoms with Crippen LogP contribution in [0, 0.1) is 23.5 Å². The highest BCUT2D eigenvalue weighted by Crippen LogP contribution is 2.21. The van der Waals surface area contributed by atoms with Crippen molar-refractivity contribution in [2.75, 3.05) is 7.11 Å². The van der Waals surface area contributed by atoms with Crippen LogP contribution in [0.1, 0.15) is 11.1 Å². The molecule has 0 spiro atoms. The molecular weight excluding hydrogens is 356 g/mol. The van der Waals surface area contributed by atoms with Crippen molar-refractivity contribution >= 4 is 10.8 Å². The molecule has 0 bridgehead atoms. The summed E-state index contributed by atoms with van der Waals surface area (Å²) in [5.41, 5.74) is 3.42. The third-order valence-electron chi connectivity index (χ3n) is 4.38. The van der Waals surface area contributed by atoms with Crippen LogP contribution in [0.2, 0.25) is 0 Å². The van der Waals surface area contributed by atoms with Gasteiger partial charge < -0.3 is 4.74 Å². The Morgan fingerprint density at radius 1 is 0.750 bits per heavy atom. The Morgan fingerprint density at radius 2 is 1.43 bits per heavy atom. The third kappa shape index (κ3) is 3.70. The van der Waals surface area contributed by atoms with Crippen molar-refractivity contribution in [1.29, 1.82) is 0 Å². The number of ether oxygens (including phenoxy) is 1. The van der Waals surface area contributed by atoms with Crippen LogP contribution >= 0.6 is 0 Å². The zero-order valence-electron chi connectivity index (χ0n) is 15.0. The third-order valence-corrected chi connectivity index (χ3v) is 4.38. The van der Waals surface area contributed by atoms with Gasteiger partial charge in [0.05, 0.1) is 19.0 Å². The minimum atomic E-state index is -0.861. The van der Waals surface area contributed by atoms with Gasteiger partial charge in [0.1, 0.15) is 5.75 Å². The smallest absolute Gasteiger partial charge is 0.159 e. The Bertz CT molecular complexity index is 1200. The molecule has 28 heavy (non-hydrogen) atoms. The maximum absolute atomic E-state index is 13.4. The van der Waals surface area contributed by atoms with Crippen LogP contribution < -0.4 is 4.74 Å². The molecule has 4 heteroatoms. The average molecular weight is 371 g/mol. The second-order valence-electron chi connectivity index (χ2n) is 6.24. The van der Waals surface area contributed by atoms with Gasteiger partial charge in [-0.2, -0.15) is 0 Å². The van der Waals surface area contributed by atoms with Crippen molar-refractivity contribution in [2.45, 2.75) is 0 Å². The highest BCUT2D eigenvalue weighted by Gasteiger charge is 2.04. The van der Waals surface area contributed by atoms with E-state index in [0.717, 1.165) is 22.4 Å². The molecule has 0 atom stereocenters. The van der Waals surface area contributed by atoms with Crippen molar-refractivity contribution in [3.63, 3.8) is 0 Å². The summed E-state index contributed by atoms with van der Waals surface area (Å²) in [4.78, 5) is 4.37. The normalized spacial score (nSPS) is 10.4. The van der Waals surface area contributed by atoms with Gasteiger partial charge in [-0.3, -0.25) is 4.98 Å². The second-order valence-corrected chi connectivity index (χ2v) is 6.24. The summed E-state index contributed by atoms with van der Waals surface area (Å²) >= 11 is 0. The number of hydrogen-bond donors (Lipinski definition) is 0. The van der Waals surface area contributed by atoms with E-state index in [9.17, 15) is 8.78 Å². The van der Waals surface area contributed by atoms with Crippen molar-refractivity contribution in [1.82, 2.24) is 4.98 Å². The molecular formula is C24H15F2NO. The van der Waals surface area contributed by atoms with Gasteiger partial charge in [0.25, 0.3) is 0 Å². The highest BCUT2D eigenvalue weighted by atomic mass is 19.2. The van der Waals surface area contributed by atoms with Crippen molar-refractivity contribution in [3.8, 4) is 28.8 Å². The molecule has 136 valence electrons. The molecule has 0 aliphatic carbocycles. The summed E-state index contributed by atoms with van der Waals surface area (Å²) in [6.07, 6.45) is 1.68. The largest absolute Gasteiger partial charge is 0.495 e. The number of benzene rings is 3. The summed E-state index contributed by atoms with van der Waals surface area (Å²) in [5.74, 6) is 5.16.